The molecule has 0 unspecified atom stereocenters. The van der Waals surface area contributed by atoms with E-state index in [2.05, 4.69) is 12.2 Å². The molecule has 0 radical (unpaired) electrons. The number of likely N-dealkylation sites (N-methyl/N-ethyl adjacent to an activating group) is 1. The molecule has 0 aromatic rings. The highest BCUT2D eigenvalue weighted by Crippen LogP contribution is 2.20. The van der Waals surface area contributed by atoms with E-state index in [9.17, 15) is 0 Å². The average Bonchev–Trinajstić information content (AvgIpc) is 2.06. The minimum atomic E-state index is 0.462. The second kappa shape index (κ2) is 4.73. The van der Waals surface area contributed by atoms with Gasteiger partial charge in [0.15, 0.2) is 0 Å². The summed E-state index contributed by atoms with van der Waals surface area (Å²) in [5.41, 5.74) is 0. The molecule has 0 aromatic carbocycles. The van der Waals surface area contributed by atoms with Crippen LogP contribution in [0.2, 0.25) is 0 Å². The number of rotatable bonds is 3. The maximum Gasteiger partial charge on any atom is 0.0724 e. The smallest absolute Gasteiger partial charge is 0.0724 e. The molecule has 2 atom stereocenters. The second-order valence-corrected chi connectivity index (χ2v) is 3.22. The predicted molar refractivity (Wildman–Crippen MR) is 46.7 cm³/mol. The number of nitrogens with one attached hydrogen (secondary N) is 1. The third kappa shape index (κ3) is 2.46. The molecule has 0 heterocycles. The first-order valence-electron chi connectivity index (χ1n) is 4.64. The van der Waals surface area contributed by atoms with E-state index in [1.54, 1.807) is 0 Å². The molecule has 1 N–H and O–H groups in total. The molecule has 1 aliphatic rings. The molecule has 1 aliphatic carbocycles. The normalized spacial score (nSPS) is 32.2. The summed E-state index contributed by atoms with van der Waals surface area (Å²) < 4.78 is 5.39. The van der Waals surface area contributed by atoms with Gasteiger partial charge >= 0.3 is 0 Å². The standard InChI is InChI=1S/C9H19NO/c1-3-10-8-6-4-5-7-9(8)11-2/h8-10H,3-7H2,1-2H3/t8-,9-/m0/s1. The molecule has 0 amide bonds. The zero-order valence-electron chi connectivity index (χ0n) is 7.60. The summed E-state index contributed by atoms with van der Waals surface area (Å²) in [7, 11) is 1.82. The summed E-state index contributed by atoms with van der Waals surface area (Å²) in [6.07, 6.45) is 5.67. The van der Waals surface area contributed by atoms with Crippen LogP contribution >= 0.6 is 0 Å². The molecule has 2 nitrogen and oxygen atoms in total. The Morgan fingerprint density at radius 2 is 2.09 bits per heavy atom. The lowest BCUT2D eigenvalue weighted by atomic mass is 9.92. The highest BCUT2D eigenvalue weighted by molar-refractivity contribution is 4.80. The summed E-state index contributed by atoms with van der Waals surface area (Å²) in [5, 5.41) is 3.46. The molecule has 1 saturated carbocycles. The minimum Gasteiger partial charge on any atom is -0.380 e. The van der Waals surface area contributed by atoms with Crippen LogP contribution in [0.4, 0.5) is 0 Å². The van der Waals surface area contributed by atoms with Crippen LogP contribution in [0.1, 0.15) is 32.6 Å². The first-order chi connectivity index (χ1) is 5.38. The van der Waals surface area contributed by atoms with Crippen molar-refractivity contribution in [2.75, 3.05) is 13.7 Å². The van der Waals surface area contributed by atoms with E-state index in [1.165, 1.54) is 25.7 Å². The van der Waals surface area contributed by atoms with Gasteiger partial charge in [-0.3, -0.25) is 0 Å². The van der Waals surface area contributed by atoms with Gasteiger partial charge in [0.05, 0.1) is 6.10 Å². The molecule has 0 aliphatic heterocycles. The zero-order valence-corrected chi connectivity index (χ0v) is 7.60. The molecule has 0 saturated heterocycles. The van der Waals surface area contributed by atoms with Gasteiger partial charge in [0, 0.05) is 13.2 Å². The van der Waals surface area contributed by atoms with Crippen molar-refractivity contribution < 1.29 is 4.74 Å². The third-order valence-corrected chi connectivity index (χ3v) is 2.47. The monoisotopic (exact) mass is 157 g/mol. The first-order valence-corrected chi connectivity index (χ1v) is 4.64. The molecule has 11 heavy (non-hydrogen) atoms. The fourth-order valence-electron chi connectivity index (χ4n) is 1.87. The van der Waals surface area contributed by atoms with Gasteiger partial charge in [-0.15, -0.1) is 0 Å². The third-order valence-electron chi connectivity index (χ3n) is 2.47. The van der Waals surface area contributed by atoms with E-state index in [-0.39, 0.29) is 0 Å². The Hall–Kier alpha value is -0.0800. The highest BCUT2D eigenvalue weighted by Gasteiger charge is 2.23. The van der Waals surface area contributed by atoms with Crippen LogP contribution in [0, 0.1) is 0 Å². The molecule has 2 heteroatoms. The molecule has 1 fully saturated rings. The molecule has 0 spiro atoms. The summed E-state index contributed by atoms with van der Waals surface area (Å²) in [4.78, 5) is 0. The van der Waals surface area contributed by atoms with Crippen LogP contribution in [0.3, 0.4) is 0 Å². The van der Waals surface area contributed by atoms with E-state index in [0.717, 1.165) is 6.54 Å². The summed E-state index contributed by atoms with van der Waals surface area (Å²) in [6.45, 7) is 3.21. The van der Waals surface area contributed by atoms with Crippen LogP contribution in [0.5, 0.6) is 0 Å². The van der Waals surface area contributed by atoms with Crippen LogP contribution < -0.4 is 5.32 Å². The van der Waals surface area contributed by atoms with E-state index in [0.29, 0.717) is 12.1 Å². The number of methoxy groups -OCH3 is 1. The summed E-state index contributed by atoms with van der Waals surface area (Å²) in [6, 6.07) is 0.610. The average molecular weight is 157 g/mol. The maximum absolute atomic E-state index is 5.39. The van der Waals surface area contributed by atoms with E-state index in [1.807, 2.05) is 7.11 Å². The second-order valence-electron chi connectivity index (χ2n) is 3.22. The quantitative estimate of drug-likeness (QED) is 0.671. The van der Waals surface area contributed by atoms with Crippen LogP contribution in [-0.4, -0.2) is 25.8 Å². The van der Waals surface area contributed by atoms with Crippen molar-refractivity contribution in [1.29, 1.82) is 0 Å². The van der Waals surface area contributed by atoms with Gasteiger partial charge in [-0.1, -0.05) is 19.8 Å². The molecule has 66 valence electrons. The molecule has 0 aromatic heterocycles. The Bertz CT molecular complexity index is 104. The topological polar surface area (TPSA) is 21.3 Å². The number of hydrogen-bond acceptors (Lipinski definition) is 2. The summed E-state index contributed by atoms with van der Waals surface area (Å²) >= 11 is 0. The van der Waals surface area contributed by atoms with E-state index < -0.39 is 0 Å². The van der Waals surface area contributed by atoms with Crippen molar-refractivity contribution in [2.24, 2.45) is 0 Å². The SMILES string of the molecule is CCN[C@H]1CCCC[C@@H]1OC. The van der Waals surface area contributed by atoms with Crippen molar-refractivity contribution in [1.82, 2.24) is 5.32 Å². The lowest BCUT2D eigenvalue weighted by Gasteiger charge is -2.30. The lowest BCUT2D eigenvalue weighted by Crippen LogP contribution is -2.42. The van der Waals surface area contributed by atoms with Gasteiger partial charge in [0.1, 0.15) is 0 Å². The van der Waals surface area contributed by atoms with Gasteiger partial charge in [-0.05, 0) is 19.4 Å². The largest absolute Gasteiger partial charge is 0.380 e. The van der Waals surface area contributed by atoms with Gasteiger partial charge < -0.3 is 10.1 Å². The zero-order chi connectivity index (χ0) is 8.10. The predicted octanol–water partition coefficient (Wildman–Crippen LogP) is 1.55. The Labute approximate surface area is 69.3 Å². The Kier molecular flexibility index (Phi) is 3.87. The van der Waals surface area contributed by atoms with Gasteiger partial charge in [0.2, 0.25) is 0 Å². The lowest BCUT2D eigenvalue weighted by molar-refractivity contribution is 0.0425. The van der Waals surface area contributed by atoms with Crippen LogP contribution in [-0.2, 0) is 4.74 Å². The fraction of sp³-hybridized carbons (Fsp3) is 1.00. The van der Waals surface area contributed by atoms with Crippen molar-refractivity contribution in [3.63, 3.8) is 0 Å². The highest BCUT2D eigenvalue weighted by atomic mass is 16.5. The van der Waals surface area contributed by atoms with Crippen molar-refractivity contribution in [2.45, 2.75) is 44.8 Å². The fourth-order valence-corrected chi connectivity index (χ4v) is 1.87. The molecular formula is C9H19NO. The van der Waals surface area contributed by atoms with E-state index in [4.69, 9.17) is 4.74 Å². The van der Waals surface area contributed by atoms with Gasteiger partial charge in [-0.25, -0.2) is 0 Å². The Morgan fingerprint density at radius 3 is 2.73 bits per heavy atom. The summed E-state index contributed by atoms with van der Waals surface area (Å²) in [5.74, 6) is 0. The maximum atomic E-state index is 5.39. The Morgan fingerprint density at radius 1 is 1.36 bits per heavy atom. The minimum absolute atomic E-state index is 0.462. The van der Waals surface area contributed by atoms with Gasteiger partial charge in [-0.2, -0.15) is 0 Å². The first kappa shape index (κ1) is 9.01. The van der Waals surface area contributed by atoms with Crippen molar-refractivity contribution in [3.05, 3.63) is 0 Å². The Balaban J connectivity index is 2.31. The molecule has 0 bridgehead atoms. The number of hydrogen-bond donors (Lipinski definition) is 1. The van der Waals surface area contributed by atoms with Crippen LogP contribution in [0.25, 0.3) is 0 Å². The van der Waals surface area contributed by atoms with Crippen molar-refractivity contribution >= 4 is 0 Å². The molecular weight excluding hydrogens is 138 g/mol. The van der Waals surface area contributed by atoms with E-state index >= 15 is 0 Å². The molecule has 1 rings (SSSR count). The number of ether oxygens (including phenoxy) is 1. The van der Waals surface area contributed by atoms with Crippen molar-refractivity contribution in [3.8, 4) is 0 Å². The van der Waals surface area contributed by atoms with Gasteiger partial charge in [0.25, 0.3) is 0 Å². The van der Waals surface area contributed by atoms with Crippen LogP contribution in [0.15, 0.2) is 0 Å².